The molecule has 6 nitrogen and oxygen atoms in total. The second kappa shape index (κ2) is 13.2. The number of furan rings is 2. The maximum atomic E-state index is 12.0. The maximum Gasteiger partial charge on any atom is 0.230 e. The molecule has 2 heterocycles. The van der Waals surface area contributed by atoms with E-state index in [-0.39, 0.29) is 11.8 Å². The first kappa shape index (κ1) is 25.1. The third kappa shape index (κ3) is 8.61. The van der Waals surface area contributed by atoms with E-state index in [0.717, 1.165) is 31.1 Å². The van der Waals surface area contributed by atoms with Crippen molar-refractivity contribution >= 4 is 47.1 Å². The number of carbonyl (C=O) groups excluding carboxylic acids is 2. The molecule has 4 rings (SSSR count). The van der Waals surface area contributed by atoms with Crippen LogP contribution in [0.2, 0.25) is 0 Å². The van der Waals surface area contributed by atoms with Crippen LogP contribution in [0.15, 0.2) is 114 Å². The van der Waals surface area contributed by atoms with Gasteiger partial charge in [0.1, 0.15) is 11.5 Å². The lowest BCUT2D eigenvalue weighted by Crippen LogP contribution is -2.24. The SMILES string of the molecule is O=C(CSc1ccc(Sc2ccc(SCC(=O)NCc3ccco3)cc2)cc1)NCc1ccco1. The van der Waals surface area contributed by atoms with Crippen molar-refractivity contribution in [2.75, 3.05) is 11.5 Å². The molecule has 4 aromatic rings. The van der Waals surface area contributed by atoms with Crippen LogP contribution < -0.4 is 10.6 Å². The van der Waals surface area contributed by atoms with Gasteiger partial charge in [0.05, 0.1) is 37.1 Å². The summed E-state index contributed by atoms with van der Waals surface area (Å²) in [6.07, 6.45) is 3.19. The molecule has 2 N–H and O–H groups in total. The molecule has 9 heteroatoms. The Kier molecular flexibility index (Phi) is 9.45. The van der Waals surface area contributed by atoms with Crippen molar-refractivity contribution in [3.63, 3.8) is 0 Å². The quantitative estimate of drug-likeness (QED) is 0.225. The molecular weight excluding hydrogens is 500 g/mol. The average molecular weight is 525 g/mol. The van der Waals surface area contributed by atoms with E-state index in [1.54, 1.807) is 36.4 Å². The smallest absolute Gasteiger partial charge is 0.230 e. The molecule has 0 atom stereocenters. The normalized spacial score (nSPS) is 10.7. The van der Waals surface area contributed by atoms with Crippen LogP contribution in [0, 0.1) is 0 Å². The summed E-state index contributed by atoms with van der Waals surface area (Å²) in [5.41, 5.74) is 0. The van der Waals surface area contributed by atoms with Crippen molar-refractivity contribution in [1.29, 1.82) is 0 Å². The van der Waals surface area contributed by atoms with Gasteiger partial charge in [0.2, 0.25) is 11.8 Å². The molecule has 35 heavy (non-hydrogen) atoms. The zero-order valence-corrected chi connectivity index (χ0v) is 21.2. The third-order valence-corrected chi connectivity index (χ3v) is 7.74. The van der Waals surface area contributed by atoms with Crippen LogP contribution in [0.5, 0.6) is 0 Å². The lowest BCUT2D eigenvalue weighted by atomic mass is 10.4. The molecule has 0 aliphatic carbocycles. The summed E-state index contributed by atoms with van der Waals surface area (Å²) in [6, 6.07) is 23.6. The van der Waals surface area contributed by atoms with Crippen LogP contribution in [-0.4, -0.2) is 23.3 Å². The number of benzene rings is 2. The fourth-order valence-corrected chi connectivity index (χ4v) is 5.21. The first-order chi connectivity index (χ1) is 17.1. The Labute approximate surface area is 216 Å². The van der Waals surface area contributed by atoms with Crippen molar-refractivity contribution in [3.8, 4) is 0 Å². The predicted octanol–water partition coefficient (Wildman–Crippen LogP) is 5.84. The molecule has 2 aromatic carbocycles. The van der Waals surface area contributed by atoms with Gasteiger partial charge in [-0.25, -0.2) is 0 Å². The summed E-state index contributed by atoms with van der Waals surface area (Å²) in [6.45, 7) is 0.802. The summed E-state index contributed by atoms with van der Waals surface area (Å²) >= 11 is 4.67. The van der Waals surface area contributed by atoms with Crippen LogP contribution >= 0.6 is 35.3 Å². The topological polar surface area (TPSA) is 84.5 Å². The highest BCUT2D eigenvalue weighted by Gasteiger charge is 2.06. The minimum Gasteiger partial charge on any atom is -0.467 e. The lowest BCUT2D eigenvalue weighted by Gasteiger charge is -2.07. The highest BCUT2D eigenvalue weighted by molar-refractivity contribution is 8.00. The second-order valence-corrected chi connectivity index (χ2v) is 10.6. The summed E-state index contributed by atoms with van der Waals surface area (Å²) in [5, 5.41) is 5.69. The van der Waals surface area contributed by atoms with E-state index in [2.05, 4.69) is 34.9 Å². The number of hydrogen-bond acceptors (Lipinski definition) is 7. The predicted molar refractivity (Wildman–Crippen MR) is 140 cm³/mol. The van der Waals surface area contributed by atoms with Gasteiger partial charge in [-0.2, -0.15) is 0 Å². The number of nitrogens with one attached hydrogen (secondary N) is 2. The van der Waals surface area contributed by atoms with Gasteiger partial charge in [-0.1, -0.05) is 11.8 Å². The molecule has 0 radical (unpaired) electrons. The largest absolute Gasteiger partial charge is 0.467 e. The van der Waals surface area contributed by atoms with Gasteiger partial charge in [0.15, 0.2) is 0 Å². The summed E-state index contributed by atoms with van der Waals surface area (Å²) in [4.78, 5) is 28.3. The Hall–Kier alpha value is -3.01. The fourth-order valence-electron chi connectivity index (χ4n) is 2.94. The van der Waals surface area contributed by atoms with Gasteiger partial charge < -0.3 is 19.5 Å². The minimum atomic E-state index is -0.0298. The van der Waals surface area contributed by atoms with Gasteiger partial charge in [0, 0.05) is 19.6 Å². The van der Waals surface area contributed by atoms with Crippen LogP contribution in [0.1, 0.15) is 11.5 Å². The number of amides is 2. The first-order valence-corrected chi connectivity index (χ1v) is 13.6. The van der Waals surface area contributed by atoms with E-state index in [4.69, 9.17) is 8.83 Å². The summed E-state index contributed by atoms with van der Waals surface area (Å²) in [7, 11) is 0. The van der Waals surface area contributed by atoms with Crippen molar-refractivity contribution in [2.24, 2.45) is 0 Å². The highest BCUT2D eigenvalue weighted by Crippen LogP contribution is 2.31. The van der Waals surface area contributed by atoms with Crippen molar-refractivity contribution in [3.05, 3.63) is 96.8 Å². The number of hydrogen-bond donors (Lipinski definition) is 2. The molecule has 0 unspecified atom stereocenters. The number of carbonyl (C=O) groups is 2. The molecule has 0 saturated carbocycles. The number of rotatable bonds is 12. The van der Waals surface area contributed by atoms with E-state index in [1.165, 1.54) is 23.5 Å². The number of thioether (sulfide) groups is 2. The van der Waals surface area contributed by atoms with Gasteiger partial charge >= 0.3 is 0 Å². The molecule has 0 saturated heterocycles. The molecule has 0 spiro atoms. The van der Waals surface area contributed by atoms with Gasteiger partial charge in [0.25, 0.3) is 0 Å². The van der Waals surface area contributed by atoms with Crippen LogP contribution in [0.25, 0.3) is 0 Å². The van der Waals surface area contributed by atoms with Gasteiger partial charge in [-0.15, -0.1) is 23.5 Å². The zero-order valence-electron chi connectivity index (χ0n) is 18.8. The van der Waals surface area contributed by atoms with Crippen LogP contribution in [0.3, 0.4) is 0 Å². The third-order valence-electron chi connectivity index (χ3n) is 4.70. The molecular formula is C26H24N2O4S3. The minimum absolute atomic E-state index is 0.0298. The van der Waals surface area contributed by atoms with Crippen molar-refractivity contribution < 1.29 is 18.4 Å². The Morgan fingerprint density at radius 2 is 1.00 bits per heavy atom. The standard InChI is InChI=1S/C26H24N2O4S3/c29-25(27-15-19-3-1-13-31-19)17-33-21-5-9-23(10-6-21)35-24-11-7-22(8-12-24)34-18-26(30)28-16-20-4-2-14-32-20/h1-14H,15-18H2,(H,27,29)(H,28,30). The Bertz CT molecular complexity index is 1100. The van der Waals surface area contributed by atoms with Crippen LogP contribution in [-0.2, 0) is 22.7 Å². The van der Waals surface area contributed by atoms with E-state index in [9.17, 15) is 9.59 Å². The molecule has 2 aromatic heterocycles. The van der Waals surface area contributed by atoms with E-state index in [1.807, 2.05) is 36.4 Å². The molecule has 2 amide bonds. The first-order valence-electron chi connectivity index (χ1n) is 10.9. The molecule has 0 aliphatic rings. The monoisotopic (exact) mass is 524 g/mol. The van der Waals surface area contributed by atoms with Crippen molar-refractivity contribution in [2.45, 2.75) is 32.7 Å². The summed E-state index contributed by atoms with van der Waals surface area (Å²) in [5.74, 6) is 2.13. The molecule has 180 valence electrons. The fraction of sp³-hybridized carbons (Fsp3) is 0.154. The Morgan fingerprint density at radius 1 is 0.600 bits per heavy atom. The average Bonchev–Trinajstić information content (AvgIpc) is 3.60. The molecule has 0 aliphatic heterocycles. The Balaban J connectivity index is 1.16. The van der Waals surface area contributed by atoms with Crippen molar-refractivity contribution in [1.82, 2.24) is 10.6 Å². The maximum absolute atomic E-state index is 12.0. The van der Waals surface area contributed by atoms with E-state index in [0.29, 0.717) is 24.6 Å². The van der Waals surface area contributed by atoms with E-state index < -0.39 is 0 Å². The summed E-state index contributed by atoms with van der Waals surface area (Å²) < 4.78 is 10.4. The van der Waals surface area contributed by atoms with E-state index >= 15 is 0 Å². The van der Waals surface area contributed by atoms with Gasteiger partial charge in [-0.3, -0.25) is 9.59 Å². The van der Waals surface area contributed by atoms with Crippen LogP contribution in [0.4, 0.5) is 0 Å². The lowest BCUT2D eigenvalue weighted by molar-refractivity contribution is -0.119. The molecule has 0 bridgehead atoms. The Morgan fingerprint density at radius 3 is 1.37 bits per heavy atom. The highest BCUT2D eigenvalue weighted by atomic mass is 32.2. The molecule has 0 fully saturated rings. The zero-order chi connectivity index (χ0) is 24.3. The van der Waals surface area contributed by atoms with Gasteiger partial charge in [-0.05, 0) is 72.8 Å². The second-order valence-electron chi connectivity index (χ2n) is 7.33.